The predicted molar refractivity (Wildman–Crippen MR) is 91.1 cm³/mol. The Kier molecular flexibility index (Phi) is 5.70. The first kappa shape index (κ1) is 18.5. The molecule has 1 N–H and O–H groups in total. The van der Waals surface area contributed by atoms with Gasteiger partial charge < -0.3 is 5.32 Å². The largest absolute Gasteiger partial charge is 0.416 e. The maximum absolute atomic E-state index is 12.8. The lowest BCUT2D eigenvalue weighted by atomic mass is 10.1. The second-order valence-electron chi connectivity index (χ2n) is 6.25. The van der Waals surface area contributed by atoms with Gasteiger partial charge in [0.1, 0.15) is 0 Å². The number of amides is 1. The molecule has 0 fully saturated rings. The van der Waals surface area contributed by atoms with E-state index < -0.39 is 11.7 Å². The number of halogens is 3. The van der Waals surface area contributed by atoms with Crippen molar-refractivity contribution in [1.29, 1.82) is 0 Å². The molecule has 0 aliphatic carbocycles. The Labute approximate surface area is 143 Å². The van der Waals surface area contributed by atoms with Gasteiger partial charge in [0.15, 0.2) is 0 Å². The van der Waals surface area contributed by atoms with E-state index in [2.05, 4.69) is 19.2 Å². The van der Waals surface area contributed by atoms with Crippen molar-refractivity contribution in [2.45, 2.75) is 39.4 Å². The van der Waals surface area contributed by atoms with Gasteiger partial charge in [-0.25, -0.2) is 0 Å². The molecule has 2 rings (SSSR count). The van der Waals surface area contributed by atoms with Gasteiger partial charge >= 0.3 is 6.18 Å². The number of hydrogen-bond donors (Lipinski definition) is 1. The van der Waals surface area contributed by atoms with Crippen molar-refractivity contribution in [2.75, 3.05) is 0 Å². The van der Waals surface area contributed by atoms with Crippen LogP contribution in [-0.4, -0.2) is 11.9 Å². The Hall–Kier alpha value is -1.82. The first-order valence-electron chi connectivity index (χ1n) is 7.75. The summed E-state index contributed by atoms with van der Waals surface area (Å²) in [5.74, 6) is 0.288. The number of nitrogens with one attached hydrogen (secondary N) is 1. The number of alkyl halides is 3. The van der Waals surface area contributed by atoms with Crippen LogP contribution in [-0.2, 0) is 6.18 Å². The lowest BCUT2D eigenvalue weighted by Gasteiger charge is -2.15. The SMILES string of the molecule is CC(C)C[C@@H](C)NC(=O)c1ccc(-c2cccc(C(F)(F)F)c2)s1. The molecular formula is C18H20F3NOS. The quantitative estimate of drug-likeness (QED) is 0.743. The summed E-state index contributed by atoms with van der Waals surface area (Å²) >= 11 is 1.19. The molecule has 1 aromatic heterocycles. The molecule has 0 saturated carbocycles. The number of carbonyl (C=O) groups is 1. The van der Waals surface area contributed by atoms with Crippen LogP contribution in [0.2, 0.25) is 0 Å². The highest BCUT2D eigenvalue weighted by Crippen LogP contribution is 2.34. The average Bonchev–Trinajstić information content (AvgIpc) is 2.95. The zero-order chi connectivity index (χ0) is 17.9. The van der Waals surface area contributed by atoms with Gasteiger partial charge in [0.2, 0.25) is 0 Å². The van der Waals surface area contributed by atoms with Crippen molar-refractivity contribution in [2.24, 2.45) is 5.92 Å². The molecule has 1 aromatic carbocycles. The van der Waals surface area contributed by atoms with E-state index in [-0.39, 0.29) is 11.9 Å². The van der Waals surface area contributed by atoms with Crippen LogP contribution in [0.15, 0.2) is 36.4 Å². The smallest absolute Gasteiger partial charge is 0.349 e. The standard InChI is InChI=1S/C18H20F3NOS/c1-11(2)9-12(3)22-17(23)16-8-7-15(24-16)13-5-4-6-14(10-13)18(19,20)21/h4-8,10-12H,9H2,1-3H3,(H,22,23)/t12-/m1/s1. The summed E-state index contributed by atoms with van der Waals surface area (Å²) < 4.78 is 38.4. The molecule has 1 amide bonds. The van der Waals surface area contributed by atoms with Gasteiger partial charge in [-0.15, -0.1) is 11.3 Å². The van der Waals surface area contributed by atoms with Gasteiger partial charge in [-0.3, -0.25) is 4.79 Å². The summed E-state index contributed by atoms with van der Waals surface area (Å²) in [6, 6.07) is 8.52. The van der Waals surface area contributed by atoms with Crippen molar-refractivity contribution in [3.8, 4) is 10.4 Å². The fraction of sp³-hybridized carbons (Fsp3) is 0.389. The second kappa shape index (κ2) is 7.38. The Morgan fingerprint density at radius 2 is 1.88 bits per heavy atom. The van der Waals surface area contributed by atoms with Gasteiger partial charge in [-0.2, -0.15) is 13.2 Å². The highest BCUT2D eigenvalue weighted by atomic mass is 32.1. The van der Waals surface area contributed by atoms with E-state index in [1.165, 1.54) is 17.4 Å². The normalized spacial score (nSPS) is 13.1. The molecule has 0 unspecified atom stereocenters. The molecule has 0 spiro atoms. The minimum absolute atomic E-state index is 0.0524. The third-order valence-electron chi connectivity index (χ3n) is 3.51. The molecule has 1 heterocycles. The van der Waals surface area contributed by atoms with Gasteiger partial charge in [0, 0.05) is 10.9 Å². The Balaban J connectivity index is 2.15. The van der Waals surface area contributed by atoms with Crippen LogP contribution >= 0.6 is 11.3 Å². The first-order valence-corrected chi connectivity index (χ1v) is 8.57. The van der Waals surface area contributed by atoms with Crippen LogP contribution in [0.25, 0.3) is 10.4 Å². The third kappa shape index (κ3) is 4.84. The summed E-state index contributed by atoms with van der Waals surface area (Å²) in [6.45, 7) is 6.11. The van der Waals surface area contributed by atoms with Crippen molar-refractivity contribution < 1.29 is 18.0 Å². The summed E-state index contributed by atoms with van der Waals surface area (Å²) in [4.78, 5) is 13.4. The minimum atomic E-state index is -4.38. The summed E-state index contributed by atoms with van der Waals surface area (Å²) in [5.41, 5.74) is -0.228. The van der Waals surface area contributed by atoms with Crippen molar-refractivity contribution in [3.05, 3.63) is 46.8 Å². The maximum Gasteiger partial charge on any atom is 0.416 e. The van der Waals surface area contributed by atoms with E-state index in [0.29, 0.717) is 21.2 Å². The van der Waals surface area contributed by atoms with Crippen molar-refractivity contribution in [1.82, 2.24) is 5.32 Å². The molecule has 0 bridgehead atoms. The number of rotatable bonds is 5. The van der Waals surface area contributed by atoms with E-state index in [0.717, 1.165) is 18.6 Å². The fourth-order valence-corrected chi connectivity index (χ4v) is 3.43. The summed E-state index contributed by atoms with van der Waals surface area (Å²) in [6.07, 6.45) is -3.50. The number of hydrogen-bond acceptors (Lipinski definition) is 2. The summed E-state index contributed by atoms with van der Waals surface area (Å²) in [7, 11) is 0. The molecule has 2 nitrogen and oxygen atoms in total. The topological polar surface area (TPSA) is 29.1 Å². The zero-order valence-corrected chi connectivity index (χ0v) is 14.6. The van der Waals surface area contributed by atoms with Crippen LogP contribution < -0.4 is 5.32 Å². The van der Waals surface area contributed by atoms with Crippen molar-refractivity contribution in [3.63, 3.8) is 0 Å². The van der Waals surface area contributed by atoms with E-state index in [1.54, 1.807) is 18.2 Å². The van der Waals surface area contributed by atoms with E-state index in [9.17, 15) is 18.0 Å². The molecule has 0 aliphatic rings. The van der Waals surface area contributed by atoms with Crippen LogP contribution in [0.5, 0.6) is 0 Å². The van der Waals surface area contributed by atoms with E-state index in [1.807, 2.05) is 6.92 Å². The van der Waals surface area contributed by atoms with Crippen LogP contribution in [0.1, 0.15) is 42.4 Å². The van der Waals surface area contributed by atoms with Crippen LogP contribution in [0.4, 0.5) is 13.2 Å². The van der Waals surface area contributed by atoms with Crippen LogP contribution in [0, 0.1) is 5.92 Å². The minimum Gasteiger partial charge on any atom is -0.349 e. The highest BCUT2D eigenvalue weighted by molar-refractivity contribution is 7.17. The molecule has 130 valence electrons. The molecule has 6 heteroatoms. The first-order chi connectivity index (χ1) is 11.2. The van der Waals surface area contributed by atoms with Gasteiger partial charge in [-0.1, -0.05) is 26.0 Å². The fourth-order valence-electron chi connectivity index (χ4n) is 2.52. The Morgan fingerprint density at radius 1 is 1.17 bits per heavy atom. The molecule has 2 aromatic rings. The predicted octanol–water partition coefficient (Wildman–Crippen LogP) is 5.60. The second-order valence-corrected chi connectivity index (χ2v) is 7.33. The third-order valence-corrected chi connectivity index (χ3v) is 4.64. The lowest BCUT2D eigenvalue weighted by Crippen LogP contribution is -2.32. The number of thiophene rings is 1. The molecule has 0 radical (unpaired) electrons. The zero-order valence-electron chi connectivity index (χ0n) is 13.8. The van der Waals surface area contributed by atoms with Crippen LogP contribution in [0.3, 0.4) is 0 Å². The van der Waals surface area contributed by atoms with Crippen molar-refractivity contribution >= 4 is 17.2 Å². The molecule has 0 aliphatic heterocycles. The number of benzene rings is 1. The molecule has 24 heavy (non-hydrogen) atoms. The summed E-state index contributed by atoms with van der Waals surface area (Å²) in [5, 5.41) is 2.92. The van der Waals surface area contributed by atoms with E-state index >= 15 is 0 Å². The molecular weight excluding hydrogens is 335 g/mol. The monoisotopic (exact) mass is 355 g/mol. The lowest BCUT2D eigenvalue weighted by molar-refractivity contribution is -0.137. The molecule has 1 atom stereocenters. The van der Waals surface area contributed by atoms with Gasteiger partial charge in [-0.05, 0) is 49.1 Å². The Morgan fingerprint density at radius 3 is 2.50 bits per heavy atom. The van der Waals surface area contributed by atoms with Gasteiger partial charge in [0.25, 0.3) is 5.91 Å². The average molecular weight is 355 g/mol. The van der Waals surface area contributed by atoms with E-state index in [4.69, 9.17) is 0 Å². The van der Waals surface area contributed by atoms with Gasteiger partial charge in [0.05, 0.1) is 10.4 Å². The maximum atomic E-state index is 12.8. The number of carbonyl (C=O) groups excluding carboxylic acids is 1. The highest BCUT2D eigenvalue weighted by Gasteiger charge is 2.30. The Bertz CT molecular complexity index is 706. The molecule has 0 saturated heterocycles.